The molecule has 0 bridgehead atoms. The molecule has 0 radical (unpaired) electrons. The van der Waals surface area contributed by atoms with E-state index in [9.17, 15) is 0 Å². The van der Waals surface area contributed by atoms with E-state index in [0.717, 1.165) is 35.2 Å². The van der Waals surface area contributed by atoms with Crippen LogP contribution in [0.5, 0.6) is 0 Å². The fourth-order valence-corrected chi connectivity index (χ4v) is 2.84. The maximum atomic E-state index is 4.41. The van der Waals surface area contributed by atoms with Gasteiger partial charge < -0.3 is 5.32 Å². The fourth-order valence-electron chi connectivity index (χ4n) is 2.46. The number of nitrogens with one attached hydrogen (secondary N) is 1. The second kappa shape index (κ2) is 5.78. The van der Waals surface area contributed by atoms with Gasteiger partial charge in [-0.3, -0.25) is 0 Å². The summed E-state index contributed by atoms with van der Waals surface area (Å²) in [6.07, 6.45) is 4.20. The lowest BCUT2D eigenvalue weighted by Gasteiger charge is -2.15. The molecule has 16 heavy (non-hydrogen) atoms. The summed E-state index contributed by atoms with van der Waals surface area (Å²) in [7, 11) is 0. The largest absolute Gasteiger partial charge is 0.311 e. The molecule has 0 spiro atoms. The zero-order valence-corrected chi connectivity index (χ0v) is 11.3. The first-order valence-corrected chi connectivity index (χ1v) is 6.87. The Bertz CT molecular complexity index is 340. The summed E-state index contributed by atoms with van der Waals surface area (Å²) in [4.78, 5) is 4.41. The number of hydrogen-bond acceptors (Lipinski definition) is 2. The Balaban J connectivity index is 1.75. The number of rotatable bonds is 4. The molecule has 1 aliphatic carbocycles. The highest BCUT2D eigenvalue weighted by atomic mass is 79.9. The molecular weight excluding hydrogens is 264 g/mol. The van der Waals surface area contributed by atoms with Gasteiger partial charge in [0.15, 0.2) is 0 Å². The van der Waals surface area contributed by atoms with Gasteiger partial charge in [-0.25, -0.2) is 4.98 Å². The molecule has 2 atom stereocenters. The van der Waals surface area contributed by atoms with E-state index in [4.69, 9.17) is 0 Å². The van der Waals surface area contributed by atoms with Gasteiger partial charge in [0.05, 0.1) is 5.69 Å². The Morgan fingerprint density at radius 1 is 1.44 bits per heavy atom. The van der Waals surface area contributed by atoms with E-state index in [2.05, 4.69) is 39.2 Å². The van der Waals surface area contributed by atoms with Crippen LogP contribution in [0.4, 0.5) is 0 Å². The minimum Gasteiger partial charge on any atom is -0.311 e. The number of halogens is 1. The topological polar surface area (TPSA) is 24.9 Å². The van der Waals surface area contributed by atoms with Crippen LogP contribution in [0.3, 0.4) is 0 Å². The molecule has 1 saturated carbocycles. The van der Waals surface area contributed by atoms with Crippen LogP contribution >= 0.6 is 15.9 Å². The second-order valence-corrected chi connectivity index (χ2v) is 5.56. The van der Waals surface area contributed by atoms with Crippen molar-refractivity contribution in [1.82, 2.24) is 10.3 Å². The van der Waals surface area contributed by atoms with Gasteiger partial charge in [-0.05, 0) is 52.9 Å². The molecule has 0 saturated heterocycles. The van der Waals surface area contributed by atoms with Crippen LogP contribution in [0, 0.1) is 11.8 Å². The lowest BCUT2D eigenvalue weighted by atomic mass is 9.98. The first-order valence-electron chi connectivity index (χ1n) is 6.08. The first kappa shape index (κ1) is 12.1. The van der Waals surface area contributed by atoms with Crippen LogP contribution < -0.4 is 5.32 Å². The Morgan fingerprint density at radius 2 is 2.31 bits per heavy atom. The minimum absolute atomic E-state index is 0.868. The van der Waals surface area contributed by atoms with Crippen molar-refractivity contribution >= 4 is 15.9 Å². The average Bonchev–Trinajstić information content (AvgIpc) is 2.65. The second-order valence-electron chi connectivity index (χ2n) is 4.75. The molecule has 0 amide bonds. The SMILES string of the molecule is CC1CCCC1CNCc1cccc(Br)n1. The number of hydrogen-bond donors (Lipinski definition) is 1. The summed E-state index contributed by atoms with van der Waals surface area (Å²) < 4.78 is 0.918. The van der Waals surface area contributed by atoms with Crippen molar-refractivity contribution in [2.75, 3.05) is 6.54 Å². The van der Waals surface area contributed by atoms with Gasteiger partial charge in [-0.2, -0.15) is 0 Å². The molecule has 3 heteroatoms. The summed E-state index contributed by atoms with van der Waals surface area (Å²) in [5, 5.41) is 3.52. The first-order chi connectivity index (χ1) is 7.75. The number of pyridine rings is 1. The molecule has 88 valence electrons. The Kier molecular flexibility index (Phi) is 4.36. The third-order valence-corrected chi connectivity index (χ3v) is 3.97. The molecule has 2 rings (SSSR count). The summed E-state index contributed by atoms with van der Waals surface area (Å²) in [6, 6.07) is 6.06. The van der Waals surface area contributed by atoms with Crippen LogP contribution in [0.25, 0.3) is 0 Å². The summed E-state index contributed by atoms with van der Waals surface area (Å²) in [5.74, 6) is 1.76. The van der Waals surface area contributed by atoms with Crippen LogP contribution in [0.1, 0.15) is 31.9 Å². The van der Waals surface area contributed by atoms with Crippen molar-refractivity contribution in [2.45, 2.75) is 32.7 Å². The smallest absolute Gasteiger partial charge is 0.106 e. The van der Waals surface area contributed by atoms with Gasteiger partial charge in [0.25, 0.3) is 0 Å². The van der Waals surface area contributed by atoms with E-state index in [1.54, 1.807) is 0 Å². The average molecular weight is 283 g/mol. The normalized spacial score (nSPS) is 24.9. The maximum absolute atomic E-state index is 4.41. The molecule has 1 N–H and O–H groups in total. The standard InChI is InChI=1S/C13H19BrN2/c1-10-4-2-5-11(10)8-15-9-12-6-3-7-13(14)16-12/h3,6-7,10-11,15H,2,4-5,8-9H2,1H3. The van der Waals surface area contributed by atoms with Crippen LogP contribution in [0.2, 0.25) is 0 Å². The molecule has 1 heterocycles. The molecule has 0 aromatic carbocycles. The molecule has 1 aliphatic rings. The molecule has 1 fully saturated rings. The molecule has 0 aliphatic heterocycles. The third kappa shape index (κ3) is 3.29. The minimum atomic E-state index is 0.868. The van der Waals surface area contributed by atoms with E-state index >= 15 is 0 Å². The van der Waals surface area contributed by atoms with E-state index < -0.39 is 0 Å². The van der Waals surface area contributed by atoms with Crippen molar-refractivity contribution in [3.05, 3.63) is 28.5 Å². The monoisotopic (exact) mass is 282 g/mol. The zero-order chi connectivity index (χ0) is 11.4. The van der Waals surface area contributed by atoms with Crippen molar-refractivity contribution in [3.63, 3.8) is 0 Å². The van der Waals surface area contributed by atoms with Gasteiger partial charge in [0.1, 0.15) is 4.60 Å². The van der Waals surface area contributed by atoms with Crippen molar-refractivity contribution < 1.29 is 0 Å². The summed E-state index contributed by atoms with van der Waals surface area (Å²) in [6.45, 7) is 4.38. The van der Waals surface area contributed by atoms with Crippen LogP contribution in [-0.4, -0.2) is 11.5 Å². The fraction of sp³-hybridized carbons (Fsp3) is 0.615. The Hall–Kier alpha value is -0.410. The quantitative estimate of drug-likeness (QED) is 0.857. The molecular formula is C13H19BrN2. The highest BCUT2D eigenvalue weighted by Crippen LogP contribution is 2.30. The van der Waals surface area contributed by atoms with E-state index in [1.165, 1.54) is 19.3 Å². The Morgan fingerprint density at radius 3 is 3.00 bits per heavy atom. The van der Waals surface area contributed by atoms with Crippen LogP contribution in [-0.2, 0) is 6.54 Å². The lowest BCUT2D eigenvalue weighted by molar-refractivity contribution is 0.391. The predicted octanol–water partition coefficient (Wildman–Crippen LogP) is 3.37. The summed E-state index contributed by atoms with van der Waals surface area (Å²) >= 11 is 3.39. The molecule has 1 aromatic heterocycles. The predicted molar refractivity (Wildman–Crippen MR) is 70.1 cm³/mol. The van der Waals surface area contributed by atoms with Gasteiger partial charge in [0, 0.05) is 6.54 Å². The van der Waals surface area contributed by atoms with Gasteiger partial charge >= 0.3 is 0 Å². The Labute approximate surface area is 106 Å². The summed E-state index contributed by atoms with van der Waals surface area (Å²) in [5.41, 5.74) is 1.11. The van der Waals surface area contributed by atoms with Gasteiger partial charge in [-0.1, -0.05) is 25.8 Å². The molecule has 2 nitrogen and oxygen atoms in total. The van der Waals surface area contributed by atoms with Crippen molar-refractivity contribution in [3.8, 4) is 0 Å². The zero-order valence-electron chi connectivity index (χ0n) is 9.75. The number of aromatic nitrogens is 1. The van der Waals surface area contributed by atoms with E-state index in [0.29, 0.717) is 0 Å². The molecule has 2 unspecified atom stereocenters. The maximum Gasteiger partial charge on any atom is 0.106 e. The van der Waals surface area contributed by atoms with Gasteiger partial charge in [-0.15, -0.1) is 0 Å². The van der Waals surface area contributed by atoms with Gasteiger partial charge in [0.2, 0.25) is 0 Å². The van der Waals surface area contributed by atoms with E-state index in [-0.39, 0.29) is 0 Å². The van der Waals surface area contributed by atoms with Crippen LogP contribution in [0.15, 0.2) is 22.8 Å². The highest BCUT2D eigenvalue weighted by molar-refractivity contribution is 9.10. The van der Waals surface area contributed by atoms with E-state index in [1.807, 2.05) is 12.1 Å². The highest BCUT2D eigenvalue weighted by Gasteiger charge is 2.22. The lowest BCUT2D eigenvalue weighted by Crippen LogP contribution is -2.24. The number of nitrogens with zero attached hydrogens (tertiary/aromatic N) is 1. The third-order valence-electron chi connectivity index (χ3n) is 3.52. The van der Waals surface area contributed by atoms with Crippen molar-refractivity contribution in [1.29, 1.82) is 0 Å². The van der Waals surface area contributed by atoms with Crippen molar-refractivity contribution in [2.24, 2.45) is 11.8 Å². The molecule has 1 aromatic rings.